The molecule has 4 aromatic carbocycles. The number of hydrogen-bond donors (Lipinski definition) is 1. The monoisotopic (exact) mass is 415 g/mol. The van der Waals surface area contributed by atoms with Gasteiger partial charge in [-0.05, 0) is 53.8 Å². The molecule has 1 heterocycles. The Hall–Kier alpha value is -3.52. The van der Waals surface area contributed by atoms with E-state index in [9.17, 15) is 0 Å². The Bertz CT molecular complexity index is 1490. The number of nitrogens with one attached hydrogen (secondary N) is 1. The van der Waals surface area contributed by atoms with Gasteiger partial charge in [-0.1, -0.05) is 73.9 Å². The molecule has 1 aromatic heterocycles. The van der Waals surface area contributed by atoms with Crippen LogP contribution in [0.25, 0.3) is 33.1 Å². The maximum absolute atomic E-state index is 6.13. The van der Waals surface area contributed by atoms with Crippen LogP contribution in [0, 0.1) is 0 Å². The average molecular weight is 416 g/mol. The van der Waals surface area contributed by atoms with Crippen LogP contribution in [0.5, 0.6) is 0 Å². The first kappa shape index (κ1) is 18.1. The molecule has 1 N–H and O–H groups in total. The Balaban J connectivity index is 1.36. The molecule has 7 rings (SSSR count). The topological polar surface area (TPSA) is 25.2 Å². The van der Waals surface area contributed by atoms with Gasteiger partial charge in [0.15, 0.2) is 0 Å². The second-order valence-electron chi connectivity index (χ2n) is 9.35. The summed E-state index contributed by atoms with van der Waals surface area (Å²) in [6, 6.07) is 30.6. The molecule has 2 heteroatoms. The van der Waals surface area contributed by atoms with Crippen LogP contribution in [0.4, 0.5) is 11.4 Å². The van der Waals surface area contributed by atoms with E-state index in [1.165, 1.54) is 65.4 Å². The lowest BCUT2D eigenvalue weighted by Crippen LogP contribution is -2.27. The zero-order chi connectivity index (χ0) is 21.1. The molecule has 0 bridgehead atoms. The Morgan fingerprint density at radius 3 is 2.38 bits per heavy atom. The van der Waals surface area contributed by atoms with Crippen LogP contribution in [0.2, 0.25) is 0 Å². The molecule has 2 aliphatic rings. The summed E-state index contributed by atoms with van der Waals surface area (Å²) in [6.07, 6.45) is 6.49. The van der Waals surface area contributed by atoms with Gasteiger partial charge >= 0.3 is 0 Å². The van der Waals surface area contributed by atoms with E-state index in [0.717, 1.165) is 22.2 Å². The number of benzene rings is 4. The van der Waals surface area contributed by atoms with Gasteiger partial charge in [0, 0.05) is 39.2 Å². The van der Waals surface area contributed by atoms with E-state index in [4.69, 9.17) is 4.42 Å². The summed E-state index contributed by atoms with van der Waals surface area (Å²) in [5.74, 6) is 0. The van der Waals surface area contributed by atoms with Gasteiger partial charge in [-0.2, -0.15) is 0 Å². The van der Waals surface area contributed by atoms with Crippen molar-refractivity contribution >= 4 is 33.3 Å². The molecular weight excluding hydrogens is 390 g/mol. The maximum atomic E-state index is 6.13. The van der Waals surface area contributed by atoms with Crippen LogP contribution >= 0.6 is 0 Å². The van der Waals surface area contributed by atoms with Crippen molar-refractivity contribution in [1.29, 1.82) is 0 Å². The van der Waals surface area contributed by atoms with E-state index in [0.29, 0.717) is 0 Å². The van der Waals surface area contributed by atoms with E-state index in [-0.39, 0.29) is 5.41 Å². The van der Waals surface area contributed by atoms with Crippen molar-refractivity contribution in [2.75, 3.05) is 5.32 Å². The van der Waals surface area contributed by atoms with Gasteiger partial charge in [0.1, 0.15) is 11.2 Å². The highest BCUT2D eigenvalue weighted by Gasteiger charge is 2.44. The Labute approximate surface area is 187 Å². The minimum Gasteiger partial charge on any atom is -0.456 e. The molecule has 2 aliphatic carbocycles. The SMILES string of the molecule is c1ccc2c(c1)-c1c(Nc3ccc4c(c3)oc3ccccc34)cccc1C21CCCCC1. The third-order valence-corrected chi connectivity index (χ3v) is 7.66. The minimum atomic E-state index is 0.185. The van der Waals surface area contributed by atoms with E-state index >= 15 is 0 Å². The molecule has 0 amide bonds. The van der Waals surface area contributed by atoms with Crippen LogP contribution in [0.3, 0.4) is 0 Å². The number of para-hydroxylation sites is 1. The quantitative estimate of drug-likeness (QED) is 0.312. The third kappa shape index (κ3) is 2.47. The van der Waals surface area contributed by atoms with Gasteiger partial charge in [0.2, 0.25) is 0 Å². The highest BCUT2D eigenvalue weighted by Crippen LogP contribution is 2.57. The van der Waals surface area contributed by atoms with Gasteiger partial charge in [-0.3, -0.25) is 0 Å². The first-order chi connectivity index (χ1) is 15.8. The van der Waals surface area contributed by atoms with Crippen LogP contribution < -0.4 is 5.32 Å². The normalized spacial score (nSPS) is 16.4. The summed E-state index contributed by atoms with van der Waals surface area (Å²) in [7, 11) is 0. The molecule has 5 aromatic rings. The summed E-state index contributed by atoms with van der Waals surface area (Å²) >= 11 is 0. The zero-order valence-corrected chi connectivity index (χ0v) is 18.0. The first-order valence-corrected chi connectivity index (χ1v) is 11.8. The third-order valence-electron chi connectivity index (χ3n) is 7.66. The van der Waals surface area contributed by atoms with Gasteiger partial charge in [-0.25, -0.2) is 0 Å². The summed E-state index contributed by atoms with van der Waals surface area (Å²) in [4.78, 5) is 0. The highest BCUT2D eigenvalue weighted by atomic mass is 16.3. The number of rotatable bonds is 2. The van der Waals surface area contributed by atoms with Crippen molar-refractivity contribution in [1.82, 2.24) is 0 Å². The number of fused-ring (bicyclic) bond motifs is 8. The number of anilines is 2. The standard InChI is InChI=1S/C30H25NO/c1-6-17-30(18-7-1)24-11-4-2-10-23(24)29-25(30)12-8-13-26(29)31-20-15-16-22-21-9-3-5-14-27(21)32-28(22)19-20/h2-5,8-16,19,31H,1,6-7,17-18H2. The van der Waals surface area contributed by atoms with Crippen LogP contribution in [0.15, 0.2) is 89.3 Å². The van der Waals surface area contributed by atoms with E-state index < -0.39 is 0 Å². The molecule has 1 fully saturated rings. The number of furan rings is 1. The van der Waals surface area contributed by atoms with Crippen molar-refractivity contribution in [3.8, 4) is 11.1 Å². The molecule has 0 saturated heterocycles. The van der Waals surface area contributed by atoms with E-state index in [1.54, 1.807) is 0 Å². The van der Waals surface area contributed by atoms with E-state index in [2.05, 4.69) is 78.1 Å². The zero-order valence-electron chi connectivity index (χ0n) is 18.0. The molecule has 2 nitrogen and oxygen atoms in total. The summed E-state index contributed by atoms with van der Waals surface area (Å²) in [6.45, 7) is 0. The molecule has 1 spiro atoms. The smallest absolute Gasteiger partial charge is 0.137 e. The van der Waals surface area contributed by atoms with Crippen molar-refractivity contribution in [2.45, 2.75) is 37.5 Å². The molecule has 32 heavy (non-hydrogen) atoms. The van der Waals surface area contributed by atoms with Crippen molar-refractivity contribution in [2.24, 2.45) is 0 Å². The van der Waals surface area contributed by atoms with Crippen LogP contribution in [-0.2, 0) is 5.41 Å². The van der Waals surface area contributed by atoms with Gasteiger partial charge in [-0.15, -0.1) is 0 Å². The largest absolute Gasteiger partial charge is 0.456 e. The molecule has 0 aliphatic heterocycles. The summed E-state index contributed by atoms with van der Waals surface area (Å²) in [5.41, 5.74) is 10.1. The molecule has 0 radical (unpaired) electrons. The predicted molar refractivity (Wildman–Crippen MR) is 133 cm³/mol. The second-order valence-corrected chi connectivity index (χ2v) is 9.35. The Kier molecular flexibility index (Phi) is 3.81. The molecule has 156 valence electrons. The van der Waals surface area contributed by atoms with Crippen molar-refractivity contribution in [3.05, 3.63) is 96.1 Å². The predicted octanol–water partition coefficient (Wildman–Crippen LogP) is 8.56. The van der Waals surface area contributed by atoms with E-state index in [1.807, 2.05) is 12.1 Å². The van der Waals surface area contributed by atoms with Crippen LogP contribution in [-0.4, -0.2) is 0 Å². The fraction of sp³-hybridized carbons (Fsp3) is 0.200. The van der Waals surface area contributed by atoms with Crippen LogP contribution in [0.1, 0.15) is 43.2 Å². The van der Waals surface area contributed by atoms with Gasteiger partial charge in [0.25, 0.3) is 0 Å². The summed E-state index contributed by atoms with van der Waals surface area (Å²) in [5, 5.41) is 6.08. The fourth-order valence-electron chi connectivity index (χ4n) is 6.26. The number of hydrogen-bond acceptors (Lipinski definition) is 2. The fourth-order valence-corrected chi connectivity index (χ4v) is 6.26. The van der Waals surface area contributed by atoms with Crippen molar-refractivity contribution in [3.63, 3.8) is 0 Å². The lowest BCUT2D eigenvalue weighted by molar-refractivity contribution is 0.353. The first-order valence-electron chi connectivity index (χ1n) is 11.8. The average Bonchev–Trinajstić information content (AvgIpc) is 3.34. The molecule has 1 saturated carbocycles. The highest BCUT2D eigenvalue weighted by molar-refractivity contribution is 6.06. The van der Waals surface area contributed by atoms with Gasteiger partial charge in [0.05, 0.1) is 0 Å². The molecular formula is C30H25NO. The van der Waals surface area contributed by atoms with Gasteiger partial charge < -0.3 is 9.73 Å². The lowest BCUT2D eigenvalue weighted by Gasteiger charge is -2.36. The summed E-state index contributed by atoms with van der Waals surface area (Å²) < 4.78 is 6.13. The minimum absolute atomic E-state index is 0.185. The Morgan fingerprint density at radius 1 is 0.656 bits per heavy atom. The molecule has 0 atom stereocenters. The maximum Gasteiger partial charge on any atom is 0.137 e. The molecule has 0 unspecified atom stereocenters. The lowest BCUT2D eigenvalue weighted by atomic mass is 9.68. The second kappa shape index (κ2) is 6.74. The Morgan fingerprint density at radius 2 is 1.44 bits per heavy atom. The van der Waals surface area contributed by atoms with Crippen molar-refractivity contribution < 1.29 is 4.42 Å².